The summed E-state index contributed by atoms with van der Waals surface area (Å²) in [5.41, 5.74) is 0.902. The molecule has 0 saturated carbocycles. The summed E-state index contributed by atoms with van der Waals surface area (Å²) < 4.78 is 5.73. The largest absolute Gasteiger partial charge is 0.441 e. The summed E-state index contributed by atoms with van der Waals surface area (Å²) in [5.74, 6) is 2.21. The molecule has 0 bridgehead atoms. The maximum Gasteiger partial charge on any atom is 0.195 e. The predicted molar refractivity (Wildman–Crippen MR) is 67.0 cm³/mol. The molecule has 88 valence electrons. The molecule has 1 fully saturated rings. The number of nitrogens with zero attached hydrogens (tertiary/aromatic N) is 1. The van der Waals surface area contributed by atoms with Gasteiger partial charge >= 0.3 is 0 Å². The Hall–Kier alpha value is -1.32. The van der Waals surface area contributed by atoms with Crippen LogP contribution in [0, 0.1) is 5.92 Å². The zero-order valence-corrected chi connectivity index (χ0v) is 10.1. The van der Waals surface area contributed by atoms with E-state index in [-0.39, 0.29) is 0 Å². The van der Waals surface area contributed by atoms with E-state index in [1.165, 1.54) is 0 Å². The van der Waals surface area contributed by atoms with E-state index in [2.05, 4.69) is 10.3 Å². The Morgan fingerprint density at radius 3 is 2.88 bits per heavy atom. The molecule has 1 N–H and O–H groups in total. The summed E-state index contributed by atoms with van der Waals surface area (Å²) in [7, 11) is 0. The Morgan fingerprint density at radius 2 is 2.18 bits per heavy atom. The zero-order valence-electron chi connectivity index (χ0n) is 9.32. The van der Waals surface area contributed by atoms with Crippen molar-refractivity contribution in [1.29, 1.82) is 0 Å². The second-order valence-corrected chi connectivity index (χ2v) is 4.73. The van der Waals surface area contributed by atoms with Crippen LogP contribution in [0.1, 0.15) is 5.89 Å². The van der Waals surface area contributed by atoms with Crippen LogP contribution in [0.25, 0.3) is 11.3 Å². The van der Waals surface area contributed by atoms with Crippen molar-refractivity contribution in [1.82, 2.24) is 10.3 Å². The molecular weight excluding hydrogens is 236 g/mol. The Labute approximate surface area is 105 Å². The average Bonchev–Trinajstić information content (AvgIpc) is 2.73. The molecule has 0 amide bonds. The maximum atomic E-state index is 6.11. The third-order valence-corrected chi connectivity index (χ3v) is 3.35. The molecule has 0 aliphatic carbocycles. The number of hydrogen-bond acceptors (Lipinski definition) is 3. The second-order valence-electron chi connectivity index (χ2n) is 4.33. The van der Waals surface area contributed by atoms with Crippen LogP contribution in [0.3, 0.4) is 0 Å². The lowest BCUT2D eigenvalue weighted by molar-refractivity contribution is 0.319. The predicted octanol–water partition coefficient (Wildman–Crippen LogP) is 2.76. The molecular formula is C13H13ClN2O. The van der Waals surface area contributed by atoms with Crippen molar-refractivity contribution >= 4 is 11.6 Å². The van der Waals surface area contributed by atoms with Crippen LogP contribution in [0.2, 0.25) is 5.02 Å². The normalized spacial score (nSPS) is 15.8. The van der Waals surface area contributed by atoms with E-state index >= 15 is 0 Å². The second kappa shape index (κ2) is 4.51. The molecule has 0 radical (unpaired) electrons. The maximum absolute atomic E-state index is 6.11. The van der Waals surface area contributed by atoms with Gasteiger partial charge in [-0.1, -0.05) is 23.7 Å². The van der Waals surface area contributed by atoms with E-state index in [1.807, 2.05) is 24.3 Å². The highest BCUT2D eigenvalue weighted by Crippen LogP contribution is 2.28. The Kier molecular flexibility index (Phi) is 2.87. The van der Waals surface area contributed by atoms with Crippen molar-refractivity contribution in [3.63, 3.8) is 0 Å². The minimum Gasteiger partial charge on any atom is -0.441 e. The number of aromatic nitrogens is 1. The minimum absolute atomic E-state index is 0.660. The summed E-state index contributed by atoms with van der Waals surface area (Å²) >= 11 is 6.11. The molecule has 2 aromatic rings. The van der Waals surface area contributed by atoms with Gasteiger partial charge in [-0.25, -0.2) is 4.98 Å². The number of benzene rings is 1. The van der Waals surface area contributed by atoms with E-state index in [0.717, 1.165) is 36.7 Å². The average molecular weight is 249 g/mol. The molecule has 0 atom stereocenters. The SMILES string of the molecule is Clc1ccccc1-c1cnc(CC2CNC2)o1. The van der Waals surface area contributed by atoms with Gasteiger partial charge in [0.2, 0.25) is 0 Å². The van der Waals surface area contributed by atoms with E-state index in [1.54, 1.807) is 6.20 Å². The van der Waals surface area contributed by atoms with Gasteiger partial charge in [0.25, 0.3) is 0 Å². The van der Waals surface area contributed by atoms with Crippen LogP contribution in [0.5, 0.6) is 0 Å². The summed E-state index contributed by atoms with van der Waals surface area (Å²) in [5, 5.41) is 3.93. The van der Waals surface area contributed by atoms with Crippen LogP contribution in [0.4, 0.5) is 0 Å². The van der Waals surface area contributed by atoms with Gasteiger partial charge in [0.15, 0.2) is 11.7 Å². The van der Waals surface area contributed by atoms with Gasteiger partial charge in [-0.2, -0.15) is 0 Å². The van der Waals surface area contributed by atoms with Crippen molar-refractivity contribution in [3.8, 4) is 11.3 Å². The fourth-order valence-corrected chi connectivity index (χ4v) is 2.16. The molecule has 1 aromatic heterocycles. The van der Waals surface area contributed by atoms with Crippen LogP contribution in [-0.4, -0.2) is 18.1 Å². The van der Waals surface area contributed by atoms with Crippen molar-refractivity contribution in [2.24, 2.45) is 5.92 Å². The summed E-state index contributed by atoms with van der Waals surface area (Å²) in [4.78, 5) is 4.30. The lowest BCUT2D eigenvalue weighted by Crippen LogP contribution is -2.43. The molecule has 3 nitrogen and oxygen atoms in total. The molecule has 4 heteroatoms. The fraction of sp³-hybridized carbons (Fsp3) is 0.308. The van der Waals surface area contributed by atoms with Crippen molar-refractivity contribution in [2.45, 2.75) is 6.42 Å². The number of halogens is 1. The van der Waals surface area contributed by atoms with Gasteiger partial charge in [0.05, 0.1) is 11.2 Å². The van der Waals surface area contributed by atoms with Gasteiger partial charge < -0.3 is 9.73 Å². The van der Waals surface area contributed by atoms with Crippen LogP contribution < -0.4 is 5.32 Å². The number of hydrogen-bond donors (Lipinski definition) is 1. The van der Waals surface area contributed by atoms with Gasteiger partial charge in [0, 0.05) is 12.0 Å². The van der Waals surface area contributed by atoms with Crippen LogP contribution in [-0.2, 0) is 6.42 Å². The van der Waals surface area contributed by atoms with Crippen molar-refractivity contribution < 1.29 is 4.42 Å². The number of nitrogens with one attached hydrogen (secondary N) is 1. The summed E-state index contributed by atoms with van der Waals surface area (Å²) in [6.45, 7) is 2.12. The van der Waals surface area contributed by atoms with Gasteiger partial charge in [0.1, 0.15) is 0 Å². The smallest absolute Gasteiger partial charge is 0.195 e. The molecule has 2 heterocycles. The molecule has 1 aliphatic heterocycles. The highest BCUT2D eigenvalue weighted by Gasteiger charge is 2.20. The molecule has 0 unspecified atom stereocenters. The van der Waals surface area contributed by atoms with Crippen molar-refractivity contribution in [2.75, 3.05) is 13.1 Å². The third kappa shape index (κ3) is 2.21. The monoisotopic (exact) mass is 248 g/mol. The fourth-order valence-electron chi connectivity index (χ4n) is 1.93. The Balaban J connectivity index is 1.82. The first kappa shape index (κ1) is 10.8. The van der Waals surface area contributed by atoms with E-state index in [4.69, 9.17) is 16.0 Å². The van der Waals surface area contributed by atoms with E-state index < -0.39 is 0 Å². The topological polar surface area (TPSA) is 38.1 Å². The van der Waals surface area contributed by atoms with E-state index in [9.17, 15) is 0 Å². The molecule has 1 aliphatic rings. The highest BCUT2D eigenvalue weighted by molar-refractivity contribution is 6.33. The quantitative estimate of drug-likeness (QED) is 0.908. The molecule has 0 spiro atoms. The summed E-state index contributed by atoms with van der Waals surface area (Å²) in [6, 6.07) is 7.65. The molecule has 1 aromatic carbocycles. The van der Waals surface area contributed by atoms with Crippen LogP contribution in [0.15, 0.2) is 34.9 Å². The first-order chi connectivity index (χ1) is 8.33. The third-order valence-electron chi connectivity index (χ3n) is 3.02. The van der Waals surface area contributed by atoms with Gasteiger partial charge in [-0.05, 0) is 31.1 Å². The first-order valence-electron chi connectivity index (χ1n) is 5.73. The number of rotatable bonds is 3. The lowest BCUT2D eigenvalue weighted by atomic mass is 10.00. The van der Waals surface area contributed by atoms with Gasteiger partial charge in [-0.3, -0.25) is 0 Å². The molecule has 1 saturated heterocycles. The minimum atomic E-state index is 0.660. The van der Waals surface area contributed by atoms with Crippen molar-refractivity contribution in [3.05, 3.63) is 41.4 Å². The van der Waals surface area contributed by atoms with Crippen LogP contribution >= 0.6 is 11.6 Å². The molecule has 3 rings (SSSR count). The van der Waals surface area contributed by atoms with Gasteiger partial charge in [-0.15, -0.1) is 0 Å². The zero-order chi connectivity index (χ0) is 11.7. The molecule has 17 heavy (non-hydrogen) atoms. The number of oxazole rings is 1. The lowest BCUT2D eigenvalue weighted by Gasteiger charge is -2.25. The Morgan fingerprint density at radius 1 is 1.35 bits per heavy atom. The Bertz CT molecular complexity index is 520. The standard InChI is InChI=1S/C13H13ClN2O/c14-11-4-2-1-3-10(11)12-8-16-13(17-12)5-9-6-15-7-9/h1-4,8-9,15H,5-7H2. The summed E-state index contributed by atoms with van der Waals surface area (Å²) in [6.07, 6.45) is 2.65. The first-order valence-corrected chi connectivity index (χ1v) is 6.11. The van der Waals surface area contributed by atoms with E-state index in [0.29, 0.717) is 10.9 Å². The highest BCUT2D eigenvalue weighted by atomic mass is 35.5.